The number of carbonyl (C=O) groups is 1. The molecule has 0 radical (unpaired) electrons. The Morgan fingerprint density at radius 1 is 1.24 bits per heavy atom. The summed E-state index contributed by atoms with van der Waals surface area (Å²) < 4.78 is 11.5. The molecule has 1 heterocycles. The highest BCUT2D eigenvalue weighted by Crippen LogP contribution is 2.23. The predicted octanol–water partition coefficient (Wildman–Crippen LogP) is 3.13. The highest BCUT2D eigenvalue weighted by molar-refractivity contribution is 6.30. The van der Waals surface area contributed by atoms with E-state index in [9.17, 15) is 4.79 Å². The van der Waals surface area contributed by atoms with Gasteiger partial charge in [-0.3, -0.25) is 4.79 Å². The van der Waals surface area contributed by atoms with Crippen molar-refractivity contribution in [2.24, 2.45) is 0 Å². The third-order valence-electron chi connectivity index (χ3n) is 3.41. The van der Waals surface area contributed by atoms with Crippen molar-refractivity contribution in [1.82, 2.24) is 4.90 Å². The summed E-state index contributed by atoms with van der Waals surface area (Å²) in [5.74, 6) is 0.603. The minimum atomic E-state index is -0.926. The summed E-state index contributed by atoms with van der Waals surface area (Å²) in [7, 11) is 0. The highest BCUT2D eigenvalue weighted by atomic mass is 35.5. The third kappa shape index (κ3) is 4.11. The molecular formula is C16H22ClNO3. The molecule has 1 aromatic carbocycles. The minimum absolute atomic E-state index is 0.0283. The molecule has 2 rings (SSSR count). The second-order valence-electron chi connectivity index (χ2n) is 6.03. The quantitative estimate of drug-likeness (QED) is 0.861. The largest absolute Gasteiger partial charge is 0.478 e. The van der Waals surface area contributed by atoms with Gasteiger partial charge in [0.2, 0.25) is 0 Å². The van der Waals surface area contributed by atoms with Crippen LogP contribution in [0.2, 0.25) is 5.02 Å². The Labute approximate surface area is 131 Å². The second kappa shape index (κ2) is 6.24. The molecule has 0 spiro atoms. The van der Waals surface area contributed by atoms with E-state index in [1.54, 1.807) is 38.1 Å². The fourth-order valence-corrected chi connectivity index (χ4v) is 2.69. The number of hydrogen-bond donors (Lipinski definition) is 0. The number of carbonyl (C=O) groups excluding carboxylic acids is 1. The molecule has 1 saturated heterocycles. The van der Waals surface area contributed by atoms with E-state index in [4.69, 9.17) is 21.1 Å². The van der Waals surface area contributed by atoms with Crippen molar-refractivity contribution in [2.45, 2.75) is 45.5 Å². The summed E-state index contributed by atoms with van der Waals surface area (Å²) in [6.07, 6.45) is 0.0908. The van der Waals surface area contributed by atoms with Gasteiger partial charge < -0.3 is 14.4 Å². The van der Waals surface area contributed by atoms with Gasteiger partial charge in [0.05, 0.1) is 12.2 Å². The number of halogens is 1. The second-order valence-corrected chi connectivity index (χ2v) is 6.47. The first-order valence-electron chi connectivity index (χ1n) is 7.17. The number of amides is 1. The number of hydrogen-bond acceptors (Lipinski definition) is 3. The first-order chi connectivity index (χ1) is 9.78. The minimum Gasteiger partial charge on any atom is -0.478 e. The van der Waals surface area contributed by atoms with Gasteiger partial charge in [0.1, 0.15) is 5.75 Å². The zero-order valence-corrected chi connectivity index (χ0v) is 13.7. The lowest BCUT2D eigenvalue weighted by Crippen LogP contribution is -2.55. The normalized spacial score (nSPS) is 23.0. The Hall–Kier alpha value is -1.26. The van der Waals surface area contributed by atoms with E-state index in [0.717, 1.165) is 0 Å². The van der Waals surface area contributed by atoms with Gasteiger partial charge in [0.25, 0.3) is 5.91 Å². The maximum Gasteiger partial charge on any atom is 0.266 e. The van der Waals surface area contributed by atoms with Crippen LogP contribution in [0.5, 0.6) is 5.75 Å². The van der Waals surface area contributed by atoms with Crippen molar-refractivity contribution in [2.75, 3.05) is 13.1 Å². The fourth-order valence-electron chi connectivity index (χ4n) is 2.57. The molecule has 0 saturated carbocycles. The lowest BCUT2D eigenvalue weighted by Gasteiger charge is -2.39. The molecule has 1 aliphatic heterocycles. The SMILES string of the molecule is CC1CN(C(=O)C(C)(C)Oc2ccc(Cl)cc2)CC(C)O1. The van der Waals surface area contributed by atoms with E-state index >= 15 is 0 Å². The molecule has 0 bridgehead atoms. The molecule has 1 amide bonds. The van der Waals surface area contributed by atoms with Crippen LogP contribution < -0.4 is 4.74 Å². The third-order valence-corrected chi connectivity index (χ3v) is 3.66. The van der Waals surface area contributed by atoms with Crippen LogP contribution in [0, 0.1) is 0 Å². The van der Waals surface area contributed by atoms with E-state index in [1.165, 1.54) is 0 Å². The monoisotopic (exact) mass is 311 g/mol. The summed E-state index contributed by atoms with van der Waals surface area (Å²) in [6.45, 7) is 8.71. The molecule has 1 aliphatic rings. The number of nitrogens with zero attached hydrogens (tertiary/aromatic N) is 1. The number of benzene rings is 1. The van der Waals surface area contributed by atoms with Crippen molar-refractivity contribution in [3.05, 3.63) is 29.3 Å². The van der Waals surface area contributed by atoms with E-state index in [2.05, 4.69) is 0 Å². The van der Waals surface area contributed by atoms with Gasteiger partial charge in [-0.1, -0.05) is 11.6 Å². The molecular weight excluding hydrogens is 290 g/mol. The first kappa shape index (κ1) is 16.1. The van der Waals surface area contributed by atoms with Gasteiger partial charge in [0, 0.05) is 18.1 Å². The lowest BCUT2D eigenvalue weighted by atomic mass is 10.1. The van der Waals surface area contributed by atoms with Crippen LogP contribution >= 0.6 is 11.6 Å². The molecule has 0 N–H and O–H groups in total. The van der Waals surface area contributed by atoms with Crippen molar-refractivity contribution < 1.29 is 14.3 Å². The Bertz CT molecular complexity index is 491. The number of rotatable bonds is 3. The Morgan fingerprint density at radius 3 is 2.29 bits per heavy atom. The molecule has 0 aliphatic carbocycles. The van der Waals surface area contributed by atoms with Crippen LogP contribution in [0.1, 0.15) is 27.7 Å². The molecule has 1 fully saturated rings. The van der Waals surface area contributed by atoms with Crippen LogP contribution in [0.4, 0.5) is 0 Å². The molecule has 2 unspecified atom stereocenters. The van der Waals surface area contributed by atoms with Gasteiger partial charge in [-0.05, 0) is 52.0 Å². The number of ether oxygens (including phenoxy) is 2. The highest BCUT2D eigenvalue weighted by Gasteiger charge is 2.37. The summed E-state index contributed by atoms with van der Waals surface area (Å²) in [6, 6.07) is 7.02. The fraction of sp³-hybridized carbons (Fsp3) is 0.562. The summed E-state index contributed by atoms with van der Waals surface area (Å²) in [5.41, 5.74) is -0.926. The van der Waals surface area contributed by atoms with Crippen molar-refractivity contribution in [3.8, 4) is 5.75 Å². The zero-order chi connectivity index (χ0) is 15.6. The predicted molar refractivity (Wildman–Crippen MR) is 82.7 cm³/mol. The van der Waals surface area contributed by atoms with Crippen molar-refractivity contribution in [1.29, 1.82) is 0 Å². The molecule has 1 aromatic rings. The van der Waals surface area contributed by atoms with Crippen molar-refractivity contribution in [3.63, 3.8) is 0 Å². The molecule has 5 heteroatoms. The van der Waals surface area contributed by atoms with Gasteiger partial charge in [-0.2, -0.15) is 0 Å². The topological polar surface area (TPSA) is 38.8 Å². The average molecular weight is 312 g/mol. The van der Waals surface area contributed by atoms with Crippen LogP contribution in [0.3, 0.4) is 0 Å². The Morgan fingerprint density at radius 2 is 1.76 bits per heavy atom. The van der Waals surface area contributed by atoms with Crippen molar-refractivity contribution >= 4 is 17.5 Å². The van der Waals surface area contributed by atoms with E-state index in [1.807, 2.05) is 18.7 Å². The van der Waals surface area contributed by atoms with Crippen LogP contribution in [0.25, 0.3) is 0 Å². The summed E-state index contributed by atoms with van der Waals surface area (Å²) in [4.78, 5) is 14.5. The van der Waals surface area contributed by atoms with Crippen LogP contribution in [-0.2, 0) is 9.53 Å². The molecule has 2 atom stereocenters. The maximum absolute atomic E-state index is 12.7. The average Bonchev–Trinajstić information content (AvgIpc) is 2.39. The van der Waals surface area contributed by atoms with E-state index in [0.29, 0.717) is 23.9 Å². The maximum atomic E-state index is 12.7. The Balaban J connectivity index is 2.07. The summed E-state index contributed by atoms with van der Waals surface area (Å²) >= 11 is 5.85. The summed E-state index contributed by atoms with van der Waals surface area (Å²) in [5, 5.41) is 0.641. The van der Waals surface area contributed by atoms with Gasteiger partial charge in [-0.15, -0.1) is 0 Å². The van der Waals surface area contributed by atoms with E-state index in [-0.39, 0.29) is 18.1 Å². The van der Waals surface area contributed by atoms with E-state index < -0.39 is 5.60 Å². The number of morpholine rings is 1. The molecule has 116 valence electrons. The van der Waals surface area contributed by atoms with Gasteiger partial charge in [0.15, 0.2) is 5.60 Å². The van der Waals surface area contributed by atoms with Crippen LogP contribution in [-0.4, -0.2) is 41.7 Å². The Kier molecular flexibility index (Phi) is 4.79. The van der Waals surface area contributed by atoms with Crippen LogP contribution in [0.15, 0.2) is 24.3 Å². The molecule has 4 nitrogen and oxygen atoms in total. The zero-order valence-electron chi connectivity index (χ0n) is 12.9. The standard InChI is InChI=1S/C16H22ClNO3/c1-11-9-18(10-12(2)20-11)15(19)16(3,4)21-14-7-5-13(17)6-8-14/h5-8,11-12H,9-10H2,1-4H3. The lowest BCUT2D eigenvalue weighted by molar-refractivity contribution is -0.156. The van der Waals surface area contributed by atoms with Gasteiger partial charge >= 0.3 is 0 Å². The first-order valence-corrected chi connectivity index (χ1v) is 7.55. The molecule has 21 heavy (non-hydrogen) atoms. The smallest absolute Gasteiger partial charge is 0.266 e. The van der Waals surface area contributed by atoms with Gasteiger partial charge in [-0.25, -0.2) is 0 Å². The molecule has 0 aromatic heterocycles.